The fraction of sp³-hybridized carbons (Fsp3) is 0.886. The van der Waals surface area contributed by atoms with Gasteiger partial charge < -0.3 is 48.6 Å². The van der Waals surface area contributed by atoms with Crippen LogP contribution in [0.2, 0.25) is 0 Å². The normalized spacial score (nSPS) is 46.6. The van der Waals surface area contributed by atoms with Gasteiger partial charge in [-0.2, -0.15) is 0 Å². The maximum Gasteiger partial charge on any atom is 0.311 e. The number of methoxy groups -OCH3 is 1. The number of allylic oxidation sites excluding steroid dienone is 1. The van der Waals surface area contributed by atoms with Crippen LogP contribution < -0.4 is 0 Å². The van der Waals surface area contributed by atoms with E-state index in [1.165, 1.54) is 7.11 Å². The first-order valence-corrected chi connectivity index (χ1v) is 17.2. The predicted molar refractivity (Wildman–Crippen MR) is 174 cm³/mol. The summed E-state index contributed by atoms with van der Waals surface area (Å²) in [6.07, 6.45) is -7.18. The molecule has 0 aromatic heterocycles. The molecule has 0 radical (unpaired) electrons. The minimum Gasteiger partial charge on any atom is -0.462 e. The fourth-order valence-electron chi connectivity index (χ4n) is 7.32. The van der Waals surface area contributed by atoms with Gasteiger partial charge in [0.2, 0.25) is 0 Å². The summed E-state index contributed by atoms with van der Waals surface area (Å²) in [5.74, 6) is -3.81. The number of hydrogen-bond donors (Lipinski definition) is 3. The topological polar surface area (TPSA) is 153 Å². The van der Waals surface area contributed by atoms with Crippen molar-refractivity contribution >= 4 is 11.8 Å². The summed E-state index contributed by atoms with van der Waals surface area (Å²) < 4.78 is 36.9. The summed E-state index contributed by atoms with van der Waals surface area (Å²) in [5, 5.41) is 33.1. The lowest BCUT2D eigenvalue weighted by Crippen LogP contribution is -2.57. The zero-order valence-corrected chi connectivity index (χ0v) is 30.2. The third-order valence-electron chi connectivity index (χ3n) is 10.7. The van der Waals surface area contributed by atoms with Crippen molar-refractivity contribution in [1.29, 1.82) is 0 Å². The molecule has 3 aliphatic rings. The maximum atomic E-state index is 13.8. The van der Waals surface area contributed by atoms with Crippen molar-refractivity contribution in [3.63, 3.8) is 0 Å². The van der Waals surface area contributed by atoms with Crippen LogP contribution >= 0.6 is 0 Å². The van der Waals surface area contributed by atoms with Crippen molar-refractivity contribution < 1.29 is 53.3 Å². The van der Waals surface area contributed by atoms with E-state index >= 15 is 0 Å². The van der Waals surface area contributed by atoms with Gasteiger partial charge in [0.1, 0.15) is 18.3 Å². The van der Waals surface area contributed by atoms with Crippen molar-refractivity contribution in [2.75, 3.05) is 21.2 Å². The Morgan fingerprint density at radius 1 is 0.787 bits per heavy atom. The smallest absolute Gasteiger partial charge is 0.311 e. The summed E-state index contributed by atoms with van der Waals surface area (Å²) in [6.45, 7) is 18.4. The molecular formula is C35H61NO11. The third kappa shape index (κ3) is 9.40. The van der Waals surface area contributed by atoms with Gasteiger partial charge in [0.05, 0.1) is 42.5 Å². The highest BCUT2D eigenvalue weighted by Crippen LogP contribution is 2.37. The second-order valence-electron chi connectivity index (χ2n) is 14.6. The van der Waals surface area contributed by atoms with Gasteiger partial charge in [-0.25, -0.2) is 0 Å². The van der Waals surface area contributed by atoms with Crippen LogP contribution in [0.5, 0.6) is 0 Å². The van der Waals surface area contributed by atoms with Gasteiger partial charge in [0.15, 0.2) is 18.4 Å². The first kappa shape index (κ1) is 40.0. The van der Waals surface area contributed by atoms with Gasteiger partial charge in [0, 0.05) is 37.3 Å². The molecule has 1 unspecified atom stereocenters. The summed E-state index contributed by atoms with van der Waals surface area (Å²) in [7, 11) is 5.31. The first-order chi connectivity index (χ1) is 21.9. The zero-order valence-electron chi connectivity index (χ0n) is 30.2. The molecule has 0 aliphatic carbocycles. The van der Waals surface area contributed by atoms with Gasteiger partial charge in [-0.15, -0.1) is 0 Å². The lowest BCUT2D eigenvalue weighted by Gasteiger charge is -2.45. The second kappa shape index (κ2) is 17.0. The van der Waals surface area contributed by atoms with Gasteiger partial charge in [0.25, 0.3) is 0 Å². The van der Waals surface area contributed by atoms with Gasteiger partial charge >= 0.3 is 5.97 Å². The van der Waals surface area contributed by atoms with Crippen molar-refractivity contribution in [3.05, 3.63) is 12.2 Å². The minimum atomic E-state index is -1.07. The highest BCUT2D eigenvalue weighted by Gasteiger charge is 2.47. The molecule has 3 aliphatic heterocycles. The van der Waals surface area contributed by atoms with Crippen LogP contribution in [0.25, 0.3) is 0 Å². The Morgan fingerprint density at radius 2 is 1.43 bits per heavy atom. The average Bonchev–Trinajstić information content (AvgIpc) is 3.02. The van der Waals surface area contributed by atoms with E-state index in [0.29, 0.717) is 12.0 Å². The van der Waals surface area contributed by atoms with Gasteiger partial charge in [-0.05, 0) is 66.1 Å². The van der Waals surface area contributed by atoms with Crippen LogP contribution in [-0.4, -0.2) is 127 Å². The number of carbonyl (C=O) groups is 2. The Labute approximate surface area is 281 Å². The molecule has 0 amide bonds. The van der Waals surface area contributed by atoms with Crippen molar-refractivity contribution in [2.45, 2.75) is 148 Å². The molecule has 0 aromatic rings. The fourth-order valence-corrected chi connectivity index (χ4v) is 7.32. The largest absolute Gasteiger partial charge is 0.462 e. The van der Waals surface area contributed by atoms with E-state index < -0.39 is 91.1 Å². The minimum absolute atomic E-state index is 0.197. The van der Waals surface area contributed by atoms with Crippen molar-refractivity contribution in [2.24, 2.45) is 29.6 Å². The average molecular weight is 672 g/mol. The Balaban J connectivity index is 2.07. The van der Waals surface area contributed by atoms with Gasteiger partial charge in [-0.1, -0.05) is 34.3 Å². The Hall–Kier alpha value is -1.48. The van der Waals surface area contributed by atoms with Crippen LogP contribution in [0.4, 0.5) is 0 Å². The molecule has 0 spiro atoms. The van der Waals surface area contributed by atoms with E-state index in [4.69, 9.17) is 28.4 Å². The number of Topliss-reactive ketones (excluding diaryl/α,β-unsaturated/α-hetero) is 1. The van der Waals surface area contributed by atoms with E-state index in [9.17, 15) is 24.9 Å². The zero-order chi connectivity index (χ0) is 35.5. The standard InChI is InChI=1S/C35H61NO11/c1-16-13-17(2)32(47-35-31(40)25(36(10)11)14-18(3)43-35)21(6)33(46-27-15-26(42-12)30(39)24(9)44-27)22(7)34(41)45-23(8)19(4)29(38)20(5)28(16)37/h17-27,29-33,35,38-40H,1,13-15H2,2-12H3/t17-,18+,19-,20-,21+,22+,23+,24-,25-,26-,27-,29-,30-,31+,32-,33?,35-/m0/s1. The van der Waals surface area contributed by atoms with Crippen molar-refractivity contribution in [1.82, 2.24) is 4.90 Å². The van der Waals surface area contributed by atoms with E-state index in [1.807, 2.05) is 39.8 Å². The highest BCUT2D eigenvalue weighted by molar-refractivity contribution is 5.96. The maximum absolute atomic E-state index is 13.8. The number of likely N-dealkylation sites (N-methyl/N-ethyl adjacent to an activating group) is 1. The lowest BCUT2D eigenvalue weighted by atomic mass is 9.79. The lowest BCUT2D eigenvalue weighted by molar-refractivity contribution is -0.298. The molecule has 17 atom stereocenters. The Bertz CT molecular complexity index is 1060. The van der Waals surface area contributed by atoms with E-state index in [2.05, 4.69) is 6.58 Å². The molecule has 0 bridgehead atoms. The molecule has 47 heavy (non-hydrogen) atoms. The Kier molecular flexibility index (Phi) is 14.4. The number of nitrogens with zero attached hydrogens (tertiary/aromatic N) is 1. The van der Waals surface area contributed by atoms with Crippen LogP contribution in [0, 0.1) is 29.6 Å². The van der Waals surface area contributed by atoms with E-state index in [0.717, 1.165) is 0 Å². The van der Waals surface area contributed by atoms with E-state index in [-0.39, 0.29) is 36.7 Å². The molecule has 272 valence electrons. The number of carbonyl (C=O) groups excluding carboxylic acids is 2. The number of ether oxygens (including phenoxy) is 6. The number of aliphatic hydroxyl groups excluding tert-OH is 3. The molecule has 12 heteroatoms. The quantitative estimate of drug-likeness (QED) is 0.281. The van der Waals surface area contributed by atoms with Crippen LogP contribution in [0.3, 0.4) is 0 Å². The molecule has 3 heterocycles. The van der Waals surface area contributed by atoms with Crippen molar-refractivity contribution in [3.8, 4) is 0 Å². The van der Waals surface area contributed by atoms with Crippen LogP contribution in [0.15, 0.2) is 12.2 Å². The molecule has 3 N–H and O–H groups in total. The summed E-state index contributed by atoms with van der Waals surface area (Å²) in [6, 6.07) is -0.217. The summed E-state index contributed by atoms with van der Waals surface area (Å²) in [4.78, 5) is 29.3. The summed E-state index contributed by atoms with van der Waals surface area (Å²) in [5.41, 5.74) is 0.343. The van der Waals surface area contributed by atoms with Gasteiger partial charge in [-0.3, -0.25) is 9.59 Å². The molecule has 12 nitrogen and oxygen atoms in total. The van der Waals surface area contributed by atoms with E-state index in [1.54, 1.807) is 34.6 Å². The third-order valence-corrected chi connectivity index (χ3v) is 10.7. The Morgan fingerprint density at radius 3 is 2.02 bits per heavy atom. The second-order valence-corrected chi connectivity index (χ2v) is 14.6. The molecule has 3 rings (SSSR count). The van der Waals surface area contributed by atoms with Crippen LogP contribution in [-0.2, 0) is 38.0 Å². The molecule has 0 saturated carbocycles. The number of hydrogen-bond acceptors (Lipinski definition) is 12. The summed E-state index contributed by atoms with van der Waals surface area (Å²) >= 11 is 0. The number of aliphatic hydroxyl groups is 3. The number of cyclic esters (lactones) is 1. The number of rotatable bonds is 6. The SMILES string of the molecule is C=C1C[C@H](C)[C@H](O[C@@H]2O[C@H](C)C[C@H](N(C)C)[C@H]2O)[C@@H](C)C(O[C@H]2C[C@H](OC)[C@@H](O)[C@H](C)O2)[C@@H](C)C(=O)O[C@H](C)[C@H](C)[C@H](O)[C@@H](C)C1=O. The molecular weight excluding hydrogens is 610 g/mol. The molecule has 0 aromatic carbocycles. The number of ketones is 1. The molecule has 3 fully saturated rings. The molecule has 3 saturated heterocycles. The van der Waals surface area contributed by atoms with Crippen LogP contribution in [0.1, 0.15) is 74.7 Å². The monoisotopic (exact) mass is 671 g/mol. The predicted octanol–water partition coefficient (Wildman–Crippen LogP) is 2.70. The highest BCUT2D eigenvalue weighted by atomic mass is 16.7. The number of esters is 1. The first-order valence-electron chi connectivity index (χ1n) is 17.2.